The zero-order valence-electron chi connectivity index (χ0n) is 18.8. The van der Waals surface area contributed by atoms with E-state index in [1.807, 2.05) is 6.07 Å². The number of piperidine rings is 1. The summed E-state index contributed by atoms with van der Waals surface area (Å²) in [5, 5.41) is 30.6. The van der Waals surface area contributed by atoms with Gasteiger partial charge in [-0.25, -0.2) is 9.37 Å². The van der Waals surface area contributed by atoms with E-state index in [2.05, 4.69) is 35.6 Å². The highest BCUT2D eigenvalue weighted by Crippen LogP contribution is 2.40. The van der Waals surface area contributed by atoms with Crippen LogP contribution >= 0.6 is 0 Å². The van der Waals surface area contributed by atoms with E-state index in [1.165, 1.54) is 7.11 Å². The molecule has 9 nitrogen and oxygen atoms in total. The number of hydrogen-bond acceptors (Lipinski definition) is 9. The molecule has 4 heterocycles. The fourth-order valence-electron chi connectivity index (χ4n) is 5.24. The summed E-state index contributed by atoms with van der Waals surface area (Å²) in [6.45, 7) is 0. The predicted molar refractivity (Wildman–Crippen MR) is 123 cm³/mol. The monoisotopic (exact) mass is 463 g/mol. The van der Waals surface area contributed by atoms with Crippen molar-refractivity contribution in [2.45, 2.75) is 62.4 Å². The Labute approximate surface area is 196 Å². The number of ether oxygens (including phenoxy) is 1. The number of benzene rings is 1. The maximum absolute atomic E-state index is 15.3. The molecule has 1 aliphatic carbocycles. The Bertz CT molecular complexity index is 1190. The first-order chi connectivity index (χ1) is 16.6. The highest BCUT2D eigenvalue weighted by molar-refractivity contribution is 5.72. The molecular weight excluding hydrogens is 437 g/mol. The molecule has 0 unspecified atom stereocenters. The molecule has 2 saturated heterocycles. The number of halogens is 1. The van der Waals surface area contributed by atoms with Gasteiger partial charge in [0.05, 0.1) is 31.1 Å². The average molecular weight is 464 g/mol. The number of nitrogens with one attached hydrogen (secondary N) is 1. The minimum absolute atomic E-state index is 0.0284. The molecule has 4 atom stereocenters. The smallest absolute Gasteiger partial charge is 0.233 e. The number of anilines is 1. The topological polar surface area (TPSA) is 109 Å². The molecule has 2 bridgehead atoms. The van der Waals surface area contributed by atoms with Gasteiger partial charge in [0.15, 0.2) is 11.6 Å². The summed E-state index contributed by atoms with van der Waals surface area (Å²) < 4.78 is 20.4. The van der Waals surface area contributed by atoms with E-state index < -0.39 is 6.17 Å². The van der Waals surface area contributed by atoms with Gasteiger partial charge < -0.3 is 20.1 Å². The van der Waals surface area contributed by atoms with E-state index in [0.717, 1.165) is 43.2 Å². The number of aromatic hydroxyl groups is 1. The molecule has 3 aromatic rings. The zero-order valence-corrected chi connectivity index (χ0v) is 18.8. The van der Waals surface area contributed by atoms with Crippen molar-refractivity contribution >= 4 is 5.82 Å². The normalized spacial score (nSPS) is 25.8. The average Bonchev–Trinajstić information content (AvgIpc) is 3.62. The Morgan fingerprint density at radius 2 is 1.94 bits per heavy atom. The number of nitrogens with zero attached hydrogens (tertiary/aromatic N) is 6. The van der Waals surface area contributed by atoms with Crippen LogP contribution in [0.15, 0.2) is 36.7 Å². The van der Waals surface area contributed by atoms with Crippen LogP contribution in [0, 0.1) is 0 Å². The molecule has 34 heavy (non-hydrogen) atoms. The molecular formula is C24H26FN7O2. The molecule has 2 N–H and O–H groups in total. The molecule has 2 aromatic heterocycles. The first-order valence-electron chi connectivity index (χ1n) is 11.7. The molecule has 2 aliphatic heterocycles. The number of methoxy groups -OCH3 is 1. The van der Waals surface area contributed by atoms with E-state index >= 15 is 4.39 Å². The van der Waals surface area contributed by atoms with Gasteiger partial charge in [-0.1, -0.05) is 6.07 Å². The van der Waals surface area contributed by atoms with Crippen molar-refractivity contribution in [2.75, 3.05) is 12.0 Å². The van der Waals surface area contributed by atoms with Crippen LogP contribution in [-0.2, 0) is 0 Å². The summed E-state index contributed by atoms with van der Waals surface area (Å²) >= 11 is 0. The molecule has 1 aromatic carbocycles. The van der Waals surface area contributed by atoms with Gasteiger partial charge in [-0.2, -0.15) is 5.10 Å². The molecule has 3 fully saturated rings. The van der Waals surface area contributed by atoms with Gasteiger partial charge in [0.25, 0.3) is 0 Å². The minimum Gasteiger partial charge on any atom is -0.507 e. The molecule has 0 amide bonds. The highest BCUT2D eigenvalue weighted by Gasteiger charge is 2.48. The van der Waals surface area contributed by atoms with Crippen molar-refractivity contribution in [1.82, 2.24) is 30.7 Å². The fraction of sp³-hybridized carbons (Fsp3) is 0.458. The Morgan fingerprint density at radius 1 is 1.06 bits per heavy atom. The van der Waals surface area contributed by atoms with Crippen molar-refractivity contribution in [3.05, 3.63) is 36.7 Å². The van der Waals surface area contributed by atoms with Gasteiger partial charge in [0, 0.05) is 29.8 Å². The van der Waals surface area contributed by atoms with Crippen LogP contribution in [0.3, 0.4) is 0 Å². The first kappa shape index (κ1) is 21.2. The van der Waals surface area contributed by atoms with Gasteiger partial charge >= 0.3 is 0 Å². The Morgan fingerprint density at radius 3 is 2.68 bits per heavy atom. The number of phenolic OH excluding ortho intramolecular Hbond substituents is 1. The standard InChI is InChI=1S/C24H26FN7O2/c1-34-22-9-14(11-27-30-22)13-2-6-17(20(33)8-13)24-26-12-21(29-31-24)32(16-4-5-16)19-10-15-3-7-18(28-15)23(19)25/h2,6,8-9,11-12,15-16,18-19,23,28,33H,3-5,7,10H2,1H3/t15-,18+,19-,23+/m0/s1. The summed E-state index contributed by atoms with van der Waals surface area (Å²) in [6, 6.07) is 7.34. The van der Waals surface area contributed by atoms with Crippen LogP contribution in [0.1, 0.15) is 32.1 Å². The van der Waals surface area contributed by atoms with Crippen LogP contribution in [0.2, 0.25) is 0 Å². The maximum atomic E-state index is 15.3. The van der Waals surface area contributed by atoms with E-state index in [9.17, 15) is 5.11 Å². The number of aromatic nitrogens is 5. The van der Waals surface area contributed by atoms with Crippen molar-refractivity contribution in [3.8, 4) is 34.1 Å². The van der Waals surface area contributed by atoms with E-state index in [4.69, 9.17) is 4.74 Å². The lowest BCUT2D eigenvalue weighted by atomic mass is 9.96. The van der Waals surface area contributed by atoms with Crippen molar-refractivity contribution in [3.63, 3.8) is 0 Å². The van der Waals surface area contributed by atoms with Crippen LogP contribution in [0.4, 0.5) is 10.2 Å². The van der Waals surface area contributed by atoms with Crippen LogP contribution in [-0.4, -0.2) is 67.9 Å². The Kier molecular flexibility index (Phi) is 5.24. The Hall–Kier alpha value is -3.40. The van der Waals surface area contributed by atoms with Crippen molar-refractivity contribution in [1.29, 1.82) is 0 Å². The second-order valence-electron chi connectivity index (χ2n) is 9.29. The lowest BCUT2D eigenvalue weighted by Crippen LogP contribution is -2.57. The fourth-order valence-corrected chi connectivity index (χ4v) is 5.24. The van der Waals surface area contributed by atoms with E-state index in [-0.39, 0.29) is 17.8 Å². The van der Waals surface area contributed by atoms with Crippen LogP contribution in [0.25, 0.3) is 22.5 Å². The SMILES string of the molecule is COc1cc(-c2ccc(-c3ncc(N(C4CC4)[C@H]4C[C@@H]5CC[C@@H](N5)[C@H]4F)nn3)c(O)c2)cnn1. The minimum atomic E-state index is -0.932. The third kappa shape index (κ3) is 3.81. The molecule has 0 spiro atoms. The first-order valence-corrected chi connectivity index (χ1v) is 11.7. The summed E-state index contributed by atoms with van der Waals surface area (Å²) in [4.78, 5) is 6.59. The second-order valence-corrected chi connectivity index (χ2v) is 9.29. The van der Waals surface area contributed by atoms with Gasteiger partial charge in [0.1, 0.15) is 11.9 Å². The molecule has 0 radical (unpaired) electrons. The predicted octanol–water partition coefficient (Wildman–Crippen LogP) is 2.91. The summed E-state index contributed by atoms with van der Waals surface area (Å²) in [5.41, 5.74) is 1.99. The molecule has 6 rings (SSSR count). The lowest BCUT2D eigenvalue weighted by molar-refractivity contribution is 0.171. The van der Waals surface area contributed by atoms with E-state index in [1.54, 1.807) is 30.6 Å². The number of hydrogen-bond donors (Lipinski definition) is 2. The highest BCUT2D eigenvalue weighted by atomic mass is 19.1. The second kappa shape index (κ2) is 8.43. The molecule has 3 aliphatic rings. The number of rotatable bonds is 6. The summed E-state index contributed by atoms with van der Waals surface area (Å²) in [7, 11) is 1.52. The maximum Gasteiger partial charge on any atom is 0.233 e. The summed E-state index contributed by atoms with van der Waals surface area (Å²) in [6.07, 6.45) is 7.08. The third-order valence-electron chi connectivity index (χ3n) is 7.08. The lowest BCUT2D eigenvalue weighted by Gasteiger charge is -2.40. The zero-order chi connectivity index (χ0) is 23.2. The number of alkyl halides is 1. The van der Waals surface area contributed by atoms with Crippen molar-refractivity contribution < 1.29 is 14.2 Å². The quantitative estimate of drug-likeness (QED) is 0.570. The van der Waals surface area contributed by atoms with Gasteiger partial charge in [-0.05, 0) is 49.8 Å². The Balaban J connectivity index is 1.26. The number of fused-ring (bicyclic) bond motifs is 2. The summed E-state index contributed by atoms with van der Waals surface area (Å²) in [5.74, 6) is 1.34. The molecule has 10 heteroatoms. The van der Waals surface area contributed by atoms with Gasteiger partial charge in [0.2, 0.25) is 5.88 Å². The van der Waals surface area contributed by atoms with Gasteiger partial charge in [-0.3, -0.25) is 0 Å². The van der Waals surface area contributed by atoms with E-state index in [0.29, 0.717) is 35.2 Å². The third-order valence-corrected chi connectivity index (χ3v) is 7.08. The van der Waals surface area contributed by atoms with Crippen LogP contribution < -0.4 is 15.0 Å². The molecule has 176 valence electrons. The molecule has 1 saturated carbocycles. The van der Waals surface area contributed by atoms with Gasteiger partial charge in [-0.15, -0.1) is 15.3 Å². The van der Waals surface area contributed by atoms with Crippen LogP contribution in [0.5, 0.6) is 11.6 Å². The van der Waals surface area contributed by atoms with Crippen molar-refractivity contribution in [2.24, 2.45) is 0 Å². The number of phenols is 1. The largest absolute Gasteiger partial charge is 0.507 e.